The summed E-state index contributed by atoms with van der Waals surface area (Å²) < 4.78 is 1.00. The van der Waals surface area contributed by atoms with Crippen LogP contribution in [0.5, 0.6) is 0 Å². The van der Waals surface area contributed by atoms with E-state index in [1.807, 2.05) is 24.3 Å². The second kappa shape index (κ2) is 5.05. The molecule has 17 heavy (non-hydrogen) atoms. The molecule has 0 aliphatic heterocycles. The number of halogens is 1. The molecule has 86 valence electrons. The molecule has 0 aliphatic rings. The summed E-state index contributed by atoms with van der Waals surface area (Å²) in [6, 6.07) is 9.13. The lowest BCUT2D eigenvalue weighted by molar-refractivity contribution is 0.0690. The third-order valence-electron chi connectivity index (χ3n) is 2.20. The van der Waals surface area contributed by atoms with E-state index in [4.69, 9.17) is 5.11 Å². The van der Waals surface area contributed by atoms with Crippen LogP contribution in [0.2, 0.25) is 0 Å². The third kappa shape index (κ3) is 3.10. The molecule has 4 nitrogen and oxygen atoms in total. The zero-order chi connectivity index (χ0) is 12.3. The van der Waals surface area contributed by atoms with Crippen LogP contribution in [0.3, 0.4) is 0 Å². The first-order valence-corrected chi connectivity index (χ1v) is 5.74. The molecule has 1 N–H and O–H groups in total. The summed E-state index contributed by atoms with van der Waals surface area (Å²) in [6.07, 6.45) is 1.99. The molecule has 2 rings (SSSR count). The highest BCUT2D eigenvalue weighted by Crippen LogP contribution is 2.12. The van der Waals surface area contributed by atoms with Crippen molar-refractivity contribution in [3.8, 4) is 0 Å². The molecular weight excluding hydrogens is 284 g/mol. The quantitative estimate of drug-likeness (QED) is 0.944. The highest BCUT2D eigenvalue weighted by Gasteiger charge is 2.06. The lowest BCUT2D eigenvalue weighted by Crippen LogP contribution is -2.05. The molecule has 0 unspecified atom stereocenters. The molecule has 0 saturated carbocycles. The minimum absolute atomic E-state index is 0.0205. The van der Waals surface area contributed by atoms with Crippen molar-refractivity contribution >= 4 is 21.9 Å². The fourth-order valence-corrected chi connectivity index (χ4v) is 1.65. The van der Waals surface area contributed by atoms with Gasteiger partial charge in [-0.1, -0.05) is 28.1 Å². The maximum Gasteiger partial charge on any atom is 0.354 e. The zero-order valence-corrected chi connectivity index (χ0v) is 10.4. The summed E-state index contributed by atoms with van der Waals surface area (Å²) in [5.41, 5.74) is 1.06. The van der Waals surface area contributed by atoms with E-state index in [0.717, 1.165) is 10.0 Å². The van der Waals surface area contributed by atoms with Crippen molar-refractivity contribution in [2.75, 3.05) is 0 Å². The Labute approximate surface area is 106 Å². The van der Waals surface area contributed by atoms with E-state index in [2.05, 4.69) is 25.9 Å². The van der Waals surface area contributed by atoms with E-state index >= 15 is 0 Å². The third-order valence-corrected chi connectivity index (χ3v) is 2.73. The molecule has 1 aromatic heterocycles. The predicted molar refractivity (Wildman–Crippen MR) is 65.9 cm³/mol. The van der Waals surface area contributed by atoms with Gasteiger partial charge >= 0.3 is 5.97 Å². The van der Waals surface area contributed by atoms with Crippen LogP contribution in [-0.2, 0) is 6.42 Å². The largest absolute Gasteiger partial charge is 0.477 e. The Hall–Kier alpha value is -1.75. The average Bonchev–Trinajstić information content (AvgIpc) is 2.32. The molecule has 0 fully saturated rings. The van der Waals surface area contributed by atoms with Gasteiger partial charge in [0, 0.05) is 17.1 Å². The average molecular weight is 293 g/mol. The van der Waals surface area contributed by atoms with Crippen LogP contribution in [0.15, 0.2) is 41.0 Å². The molecule has 0 saturated heterocycles. The van der Waals surface area contributed by atoms with Crippen molar-refractivity contribution in [1.82, 2.24) is 9.97 Å². The van der Waals surface area contributed by atoms with Gasteiger partial charge in [-0.05, 0) is 23.8 Å². The van der Waals surface area contributed by atoms with Gasteiger partial charge in [-0.25, -0.2) is 14.8 Å². The van der Waals surface area contributed by atoms with Crippen LogP contribution in [0.4, 0.5) is 0 Å². The number of rotatable bonds is 3. The van der Waals surface area contributed by atoms with Gasteiger partial charge in [0.15, 0.2) is 5.69 Å². The first kappa shape index (κ1) is 11.7. The molecule has 2 aromatic rings. The van der Waals surface area contributed by atoms with Crippen molar-refractivity contribution in [3.63, 3.8) is 0 Å². The van der Waals surface area contributed by atoms with Gasteiger partial charge in [-0.15, -0.1) is 0 Å². The standard InChI is InChI=1S/C12H9BrN2O2/c13-9-3-1-8(2-4-9)7-11-14-6-5-10(15-11)12(16)17/h1-6H,7H2,(H,16,17). The number of aromatic carboxylic acids is 1. The Kier molecular flexibility index (Phi) is 3.49. The fraction of sp³-hybridized carbons (Fsp3) is 0.0833. The SMILES string of the molecule is O=C(O)c1ccnc(Cc2ccc(Br)cc2)n1. The summed E-state index contributed by atoms with van der Waals surface area (Å²) in [6.45, 7) is 0. The summed E-state index contributed by atoms with van der Waals surface area (Å²) >= 11 is 3.35. The summed E-state index contributed by atoms with van der Waals surface area (Å²) in [4.78, 5) is 18.8. The normalized spacial score (nSPS) is 10.2. The van der Waals surface area contributed by atoms with Crippen molar-refractivity contribution in [2.45, 2.75) is 6.42 Å². The number of carbonyl (C=O) groups is 1. The van der Waals surface area contributed by atoms with Crippen molar-refractivity contribution in [3.05, 3.63) is 58.1 Å². The number of carboxylic acids is 1. The Balaban J connectivity index is 2.21. The van der Waals surface area contributed by atoms with Gasteiger partial charge in [0.25, 0.3) is 0 Å². The van der Waals surface area contributed by atoms with E-state index in [1.165, 1.54) is 12.3 Å². The molecular formula is C12H9BrN2O2. The van der Waals surface area contributed by atoms with Gasteiger partial charge in [-0.2, -0.15) is 0 Å². The van der Waals surface area contributed by atoms with Gasteiger partial charge in [0.2, 0.25) is 0 Å². The van der Waals surface area contributed by atoms with Gasteiger partial charge in [-0.3, -0.25) is 0 Å². The Morgan fingerprint density at radius 2 is 1.94 bits per heavy atom. The van der Waals surface area contributed by atoms with Crippen LogP contribution in [0, 0.1) is 0 Å². The summed E-state index contributed by atoms with van der Waals surface area (Å²) in [7, 11) is 0. The molecule has 1 aromatic carbocycles. The van der Waals surface area contributed by atoms with Crippen LogP contribution >= 0.6 is 15.9 Å². The highest BCUT2D eigenvalue weighted by molar-refractivity contribution is 9.10. The van der Waals surface area contributed by atoms with E-state index in [1.54, 1.807) is 0 Å². The molecule has 5 heteroatoms. The van der Waals surface area contributed by atoms with Crippen molar-refractivity contribution in [1.29, 1.82) is 0 Å². The minimum Gasteiger partial charge on any atom is -0.477 e. The minimum atomic E-state index is -1.04. The Morgan fingerprint density at radius 1 is 1.24 bits per heavy atom. The number of carboxylic acid groups (broad SMARTS) is 1. The van der Waals surface area contributed by atoms with Crippen LogP contribution in [0.25, 0.3) is 0 Å². The van der Waals surface area contributed by atoms with E-state index in [0.29, 0.717) is 12.2 Å². The molecule has 0 amide bonds. The number of aromatic nitrogens is 2. The maximum atomic E-state index is 10.8. The number of benzene rings is 1. The fourth-order valence-electron chi connectivity index (χ4n) is 1.39. The Bertz CT molecular complexity index is 540. The van der Waals surface area contributed by atoms with Crippen molar-refractivity contribution < 1.29 is 9.90 Å². The first-order chi connectivity index (χ1) is 8.15. The predicted octanol–water partition coefficient (Wildman–Crippen LogP) is 2.53. The lowest BCUT2D eigenvalue weighted by atomic mass is 10.1. The monoisotopic (exact) mass is 292 g/mol. The molecule has 0 bridgehead atoms. The number of hydrogen-bond acceptors (Lipinski definition) is 3. The smallest absolute Gasteiger partial charge is 0.354 e. The zero-order valence-electron chi connectivity index (χ0n) is 8.80. The second-order valence-corrected chi connectivity index (χ2v) is 4.38. The molecule has 0 aliphatic carbocycles. The molecule has 1 heterocycles. The van der Waals surface area contributed by atoms with Crippen LogP contribution < -0.4 is 0 Å². The molecule has 0 spiro atoms. The van der Waals surface area contributed by atoms with Crippen molar-refractivity contribution in [2.24, 2.45) is 0 Å². The lowest BCUT2D eigenvalue weighted by Gasteiger charge is -2.01. The van der Waals surface area contributed by atoms with Gasteiger partial charge < -0.3 is 5.11 Å². The number of hydrogen-bond donors (Lipinski definition) is 1. The molecule has 0 atom stereocenters. The maximum absolute atomic E-state index is 10.8. The van der Waals surface area contributed by atoms with E-state index in [9.17, 15) is 4.79 Å². The highest BCUT2D eigenvalue weighted by atomic mass is 79.9. The summed E-state index contributed by atoms with van der Waals surface area (Å²) in [5, 5.41) is 8.82. The Morgan fingerprint density at radius 3 is 2.59 bits per heavy atom. The number of nitrogens with zero attached hydrogens (tertiary/aromatic N) is 2. The van der Waals surface area contributed by atoms with Gasteiger partial charge in [0.1, 0.15) is 5.82 Å². The van der Waals surface area contributed by atoms with E-state index in [-0.39, 0.29) is 5.69 Å². The molecule has 0 radical (unpaired) electrons. The van der Waals surface area contributed by atoms with Gasteiger partial charge in [0.05, 0.1) is 0 Å². The first-order valence-electron chi connectivity index (χ1n) is 4.95. The summed E-state index contributed by atoms with van der Waals surface area (Å²) in [5.74, 6) is -0.531. The topological polar surface area (TPSA) is 63.1 Å². The van der Waals surface area contributed by atoms with Crippen LogP contribution in [0.1, 0.15) is 21.9 Å². The second-order valence-electron chi connectivity index (χ2n) is 3.47. The van der Waals surface area contributed by atoms with Crippen LogP contribution in [-0.4, -0.2) is 21.0 Å². The van der Waals surface area contributed by atoms with E-state index < -0.39 is 5.97 Å².